The summed E-state index contributed by atoms with van der Waals surface area (Å²) >= 11 is 3.48. The number of non-ortho nitro benzene ring substituents is 1. The van der Waals surface area contributed by atoms with Gasteiger partial charge in [-0.15, -0.1) is 0 Å². The van der Waals surface area contributed by atoms with Gasteiger partial charge in [0.25, 0.3) is 5.69 Å². The number of hydrogen-bond acceptors (Lipinski definition) is 4. The molecule has 0 aliphatic heterocycles. The third-order valence-electron chi connectivity index (χ3n) is 3.20. The molecule has 3 rings (SSSR count). The van der Waals surface area contributed by atoms with Crippen molar-refractivity contribution in [3.8, 4) is 11.5 Å². The number of pyridine rings is 1. The molecule has 0 saturated carbocycles. The average Bonchev–Trinajstić information content (AvgIpc) is 2.89. The van der Waals surface area contributed by atoms with Crippen molar-refractivity contribution >= 4 is 32.7 Å². The monoisotopic (exact) mass is 362 g/mol. The van der Waals surface area contributed by atoms with Crippen molar-refractivity contribution in [1.82, 2.24) is 4.98 Å². The van der Waals surface area contributed by atoms with Crippen molar-refractivity contribution in [2.24, 2.45) is 0 Å². The molecule has 7 heteroatoms. The lowest BCUT2D eigenvalue weighted by Gasteiger charge is -1.98. The van der Waals surface area contributed by atoms with Gasteiger partial charge in [-0.1, -0.05) is 6.92 Å². The fourth-order valence-corrected chi connectivity index (χ4v) is 2.76. The van der Waals surface area contributed by atoms with Gasteiger partial charge in [0.15, 0.2) is 18.0 Å². The molecule has 0 radical (unpaired) electrons. The Hall–Kier alpha value is -2.28. The van der Waals surface area contributed by atoms with Crippen LogP contribution in [0.2, 0.25) is 0 Å². The number of nitrogens with zero attached hydrogens (tertiary/aromatic N) is 3. The van der Waals surface area contributed by atoms with Gasteiger partial charge in [-0.25, -0.2) is 9.55 Å². The number of oxazole rings is 1. The second-order valence-corrected chi connectivity index (χ2v) is 5.82. The van der Waals surface area contributed by atoms with Gasteiger partial charge in [0.05, 0.1) is 15.5 Å². The zero-order chi connectivity index (χ0) is 15.7. The lowest BCUT2D eigenvalue weighted by molar-refractivity contribution is -0.697. The maximum atomic E-state index is 10.8. The summed E-state index contributed by atoms with van der Waals surface area (Å²) in [5.41, 5.74) is 1.82. The summed E-state index contributed by atoms with van der Waals surface area (Å²) in [6.45, 7) is 2.99. The van der Waals surface area contributed by atoms with Crippen LogP contribution in [0.4, 0.5) is 5.69 Å². The first-order chi connectivity index (χ1) is 10.6. The van der Waals surface area contributed by atoms with E-state index in [-0.39, 0.29) is 5.69 Å². The van der Waals surface area contributed by atoms with Gasteiger partial charge in [-0.2, -0.15) is 0 Å². The molecule has 3 aromatic rings. The molecule has 22 heavy (non-hydrogen) atoms. The molecule has 2 aromatic heterocycles. The molecule has 0 bridgehead atoms. The second-order valence-electron chi connectivity index (χ2n) is 4.91. The van der Waals surface area contributed by atoms with Crippen LogP contribution in [-0.2, 0) is 6.54 Å². The predicted octanol–water partition coefficient (Wildman–Crippen LogP) is 3.86. The van der Waals surface area contributed by atoms with Crippen LogP contribution in [0.3, 0.4) is 0 Å². The quantitative estimate of drug-likeness (QED) is 0.401. The molecule has 112 valence electrons. The number of nitro benzene ring substituents is 1. The Kier molecular flexibility index (Phi) is 3.89. The first-order valence-electron chi connectivity index (χ1n) is 6.82. The van der Waals surface area contributed by atoms with Gasteiger partial charge in [-0.3, -0.25) is 10.1 Å². The van der Waals surface area contributed by atoms with Crippen LogP contribution in [-0.4, -0.2) is 9.91 Å². The normalized spacial score (nSPS) is 11.0. The molecular weight excluding hydrogens is 350 g/mol. The van der Waals surface area contributed by atoms with Crippen LogP contribution in [0, 0.1) is 10.1 Å². The van der Waals surface area contributed by atoms with Crippen LogP contribution in [0.5, 0.6) is 0 Å². The van der Waals surface area contributed by atoms with E-state index in [2.05, 4.69) is 32.4 Å². The zero-order valence-electron chi connectivity index (χ0n) is 11.8. The van der Waals surface area contributed by atoms with E-state index in [1.54, 1.807) is 6.07 Å². The van der Waals surface area contributed by atoms with E-state index in [1.165, 1.54) is 12.1 Å². The highest BCUT2D eigenvalue weighted by Crippen LogP contribution is 2.27. The Morgan fingerprint density at radius 2 is 2.18 bits per heavy atom. The Balaban J connectivity index is 2.08. The van der Waals surface area contributed by atoms with Crippen LogP contribution in [0.15, 0.2) is 45.5 Å². The zero-order valence-corrected chi connectivity index (χ0v) is 13.4. The van der Waals surface area contributed by atoms with Crippen molar-refractivity contribution in [1.29, 1.82) is 0 Å². The lowest BCUT2D eigenvalue weighted by Crippen LogP contribution is -2.32. The highest BCUT2D eigenvalue weighted by Gasteiger charge is 2.16. The predicted molar refractivity (Wildman–Crippen MR) is 84.3 cm³/mol. The van der Waals surface area contributed by atoms with Gasteiger partial charge in [-0.05, 0) is 28.1 Å². The number of nitro groups is 1. The third kappa shape index (κ3) is 2.85. The number of halogens is 1. The molecule has 0 saturated heterocycles. The average molecular weight is 363 g/mol. The summed E-state index contributed by atoms with van der Waals surface area (Å²) in [6, 6.07) is 6.32. The molecular formula is C15H13BrN3O3+. The largest absolute Gasteiger partial charge is 0.436 e. The lowest BCUT2D eigenvalue weighted by atomic mass is 10.3. The van der Waals surface area contributed by atoms with Crippen LogP contribution < -0.4 is 4.57 Å². The second kappa shape index (κ2) is 5.84. The molecule has 1 aromatic carbocycles. The number of benzene rings is 1. The maximum absolute atomic E-state index is 10.8. The van der Waals surface area contributed by atoms with E-state index >= 15 is 0 Å². The van der Waals surface area contributed by atoms with Gasteiger partial charge >= 0.3 is 0 Å². The van der Waals surface area contributed by atoms with E-state index in [0.717, 1.165) is 23.0 Å². The summed E-state index contributed by atoms with van der Waals surface area (Å²) < 4.78 is 8.66. The highest BCUT2D eigenvalue weighted by molar-refractivity contribution is 9.10. The van der Waals surface area contributed by atoms with E-state index in [1.807, 2.05) is 18.5 Å². The summed E-state index contributed by atoms with van der Waals surface area (Å²) in [7, 11) is 0. The summed E-state index contributed by atoms with van der Waals surface area (Å²) in [4.78, 5) is 14.8. The summed E-state index contributed by atoms with van der Waals surface area (Å²) in [5.74, 6) is 0.446. The molecule has 0 N–H and O–H groups in total. The number of aromatic nitrogens is 2. The Morgan fingerprint density at radius 3 is 2.91 bits per heavy atom. The summed E-state index contributed by atoms with van der Waals surface area (Å²) in [5, 5.41) is 10.8. The van der Waals surface area contributed by atoms with Gasteiger partial charge in [0.2, 0.25) is 5.89 Å². The highest BCUT2D eigenvalue weighted by atomic mass is 79.9. The fourth-order valence-electron chi connectivity index (χ4n) is 2.25. The SMILES string of the molecule is CCC[n+]1cc(Br)cc(-c2nc3ccc([N+](=O)[O-])cc3o2)c1. The van der Waals surface area contributed by atoms with Crippen LogP contribution in [0.1, 0.15) is 13.3 Å². The Labute approximate surface area is 134 Å². The van der Waals surface area contributed by atoms with Gasteiger partial charge in [0.1, 0.15) is 17.6 Å². The number of hydrogen-bond donors (Lipinski definition) is 0. The Bertz CT molecular complexity index is 860. The minimum absolute atomic E-state index is 0.00881. The van der Waals surface area contributed by atoms with E-state index in [0.29, 0.717) is 17.0 Å². The van der Waals surface area contributed by atoms with Crippen molar-refractivity contribution in [3.05, 3.63) is 51.2 Å². The molecule has 0 atom stereocenters. The minimum atomic E-state index is -0.448. The Morgan fingerprint density at radius 1 is 1.36 bits per heavy atom. The van der Waals surface area contributed by atoms with Gasteiger partial charge < -0.3 is 4.42 Å². The number of aryl methyl sites for hydroxylation is 1. The topological polar surface area (TPSA) is 73.0 Å². The number of fused-ring (bicyclic) bond motifs is 1. The molecule has 0 spiro atoms. The first kappa shape index (κ1) is 14.6. The number of rotatable bonds is 4. The van der Waals surface area contributed by atoms with Crippen LogP contribution in [0.25, 0.3) is 22.6 Å². The minimum Gasteiger partial charge on any atom is -0.436 e. The van der Waals surface area contributed by atoms with Crippen molar-refractivity contribution in [2.45, 2.75) is 19.9 Å². The van der Waals surface area contributed by atoms with E-state index in [9.17, 15) is 10.1 Å². The van der Waals surface area contributed by atoms with E-state index < -0.39 is 4.92 Å². The molecule has 0 fully saturated rings. The smallest absolute Gasteiger partial charge is 0.273 e. The molecule has 0 aliphatic carbocycles. The van der Waals surface area contributed by atoms with Gasteiger partial charge in [0, 0.05) is 12.5 Å². The van der Waals surface area contributed by atoms with Crippen molar-refractivity contribution in [2.75, 3.05) is 0 Å². The third-order valence-corrected chi connectivity index (χ3v) is 3.63. The van der Waals surface area contributed by atoms with E-state index in [4.69, 9.17) is 4.42 Å². The standard InChI is InChI=1S/C15H13BrN3O3/c1-2-5-18-8-10(6-11(16)9-18)15-17-13-4-3-12(19(20)21)7-14(13)22-15/h3-4,6-9H,2,5H2,1H3/q+1. The van der Waals surface area contributed by atoms with Crippen LogP contribution >= 0.6 is 15.9 Å². The molecule has 2 heterocycles. The maximum Gasteiger partial charge on any atom is 0.273 e. The van der Waals surface area contributed by atoms with Crippen molar-refractivity contribution in [3.63, 3.8) is 0 Å². The first-order valence-corrected chi connectivity index (χ1v) is 7.61. The fraction of sp³-hybridized carbons (Fsp3) is 0.200. The summed E-state index contributed by atoms with van der Waals surface area (Å²) in [6.07, 6.45) is 4.95. The molecule has 0 aliphatic rings. The molecule has 0 amide bonds. The molecule has 6 nitrogen and oxygen atoms in total. The molecule has 0 unspecified atom stereocenters. The van der Waals surface area contributed by atoms with Crippen molar-refractivity contribution < 1.29 is 13.9 Å².